The zero-order chi connectivity index (χ0) is 22.2. The molecule has 1 N–H and O–H groups in total. The summed E-state index contributed by atoms with van der Waals surface area (Å²) in [6, 6.07) is 7.23. The van der Waals surface area contributed by atoms with Crippen LogP contribution in [-0.2, 0) is 10.0 Å². The lowest BCUT2D eigenvalue weighted by Gasteiger charge is -2.26. The molecule has 0 saturated carbocycles. The number of nitrogens with zero attached hydrogens (tertiary/aromatic N) is 2. The van der Waals surface area contributed by atoms with E-state index in [-0.39, 0.29) is 10.1 Å². The van der Waals surface area contributed by atoms with Crippen LogP contribution in [0.1, 0.15) is 45.8 Å². The molecule has 1 aliphatic rings. The first-order chi connectivity index (χ1) is 14.7. The van der Waals surface area contributed by atoms with Crippen molar-refractivity contribution in [2.24, 2.45) is 0 Å². The molecule has 1 aliphatic heterocycles. The number of aryl methyl sites for hydroxylation is 3. The summed E-state index contributed by atoms with van der Waals surface area (Å²) < 4.78 is 28.7. The maximum absolute atomic E-state index is 12.9. The van der Waals surface area contributed by atoms with Gasteiger partial charge in [-0.15, -0.1) is 22.7 Å². The summed E-state index contributed by atoms with van der Waals surface area (Å²) in [5.74, 6) is 0.0283. The van der Waals surface area contributed by atoms with Crippen molar-refractivity contribution < 1.29 is 13.2 Å². The number of anilines is 1. The maximum Gasteiger partial charge on any atom is 0.271 e. The van der Waals surface area contributed by atoms with E-state index in [1.807, 2.05) is 37.8 Å². The monoisotopic (exact) mass is 475 g/mol. The van der Waals surface area contributed by atoms with Gasteiger partial charge in [0.05, 0.1) is 11.4 Å². The molecule has 0 spiro atoms. The summed E-state index contributed by atoms with van der Waals surface area (Å²) in [5, 5.41) is 2.45. The standard InChI is InChI=1S/C22H25N3O3S3/c1-14-7-8-18(15(2)11-14)24-31(27,28)19-12-17(13-29-19)21-23-16(3)20(30-21)22(26)25-9-5-4-6-10-25/h7-8,11-13,24H,4-6,9-10H2,1-3H3. The molecule has 1 saturated heterocycles. The highest BCUT2D eigenvalue weighted by Gasteiger charge is 2.25. The number of thiazole rings is 1. The molecule has 4 rings (SSSR count). The van der Waals surface area contributed by atoms with Gasteiger partial charge in [0.2, 0.25) is 0 Å². The quantitative estimate of drug-likeness (QED) is 0.548. The highest BCUT2D eigenvalue weighted by molar-refractivity contribution is 7.94. The molecule has 0 bridgehead atoms. The first kappa shape index (κ1) is 22.0. The lowest BCUT2D eigenvalue weighted by atomic mass is 10.1. The number of carbonyl (C=O) groups is 1. The van der Waals surface area contributed by atoms with E-state index in [1.165, 1.54) is 17.8 Å². The smallest absolute Gasteiger partial charge is 0.271 e. The number of likely N-dealkylation sites (tertiary alicyclic amines) is 1. The molecule has 164 valence electrons. The second kappa shape index (κ2) is 8.72. The van der Waals surface area contributed by atoms with Crippen LogP contribution in [0.4, 0.5) is 5.69 Å². The molecule has 2 aromatic heterocycles. The second-order valence-electron chi connectivity index (χ2n) is 7.86. The fraction of sp³-hybridized carbons (Fsp3) is 0.364. The van der Waals surface area contributed by atoms with Crippen LogP contribution in [0, 0.1) is 20.8 Å². The van der Waals surface area contributed by atoms with E-state index >= 15 is 0 Å². The fourth-order valence-electron chi connectivity index (χ4n) is 3.65. The number of rotatable bonds is 5. The summed E-state index contributed by atoms with van der Waals surface area (Å²) >= 11 is 2.49. The van der Waals surface area contributed by atoms with Crippen molar-refractivity contribution >= 4 is 44.3 Å². The van der Waals surface area contributed by atoms with Crippen LogP contribution in [0.15, 0.2) is 33.9 Å². The third-order valence-electron chi connectivity index (χ3n) is 5.35. The molecule has 0 radical (unpaired) electrons. The van der Waals surface area contributed by atoms with Gasteiger partial charge in [-0.3, -0.25) is 9.52 Å². The molecular formula is C22H25N3O3S3. The van der Waals surface area contributed by atoms with Crippen molar-refractivity contribution in [3.63, 3.8) is 0 Å². The lowest BCUT2D eigenvalue weighted by molar-refractivity contribution is 0.0728. The van der Waals surface area contributed by atoms with E-state index in [2.05, 4.69) is 9.71 Å². The Labute approximate surface area is 191 Å². The predicted octanol–water partition coefficient (Wildman–Crippen LogP) is 5.22. The van der Waals surface area contributed by atoms with Gasteiger partial charge in [-0.1, -0.05) is 17.7 Å². The molecule has 1 fully saturated rings. The molecule has 9 heteroatoms. The number of hydrogen-bond acceptors (Lipinski definition) is 6. The van der Waals surface area contributed by atoms with E-state index in [0.717, 1.165) is 54.0 Å². The molecule has 3 heterocycles. The molecule has 0 aliphatic carbocycles. The van der Waals surface area contributed by atoms with E-state index < -0.39 is 10.0 Å². The van der Waals surface area contributed by atoms with Gasteiger partial charge in [0, 0.05) is 24.0 Å². The molecular weight excluding hydrogens is 450 g/mol. The fourth-order valence-corrected chi connectivity index (χ4v) is 7.04. The molecule has 31 heavy (non-hydrogen) atoms. The summed E-state index contributed by atoms with van der Waals surface area (Å²) in [5.41, 5.74) is 3.93. The molecule has 0 unspecified atom stereocenters. The highest BCUT2D eigenvalue weighted by atomic mass is 32.2. The Bertz CT molecular complexity index is 1220. The number of sulfonamides is 1. The van der Waals surface area contributed by atoms with Crippen molar-refractivity contribution in [2.75, 3.05) is 17.8 Å². The minimum Gasteiger partial charge on any atom is -0.338 e. The summed E-state index contributed by atoms with van der Waals surface area (Å²) in [4.78, 5) is 20.0. The first-order valence-electron chi connectivity index (χ1n) is 10.2. The number of carbonyl (C=O) groups excluding carboxylic acids is 1. The molecule has 0 atom stereocenters. The van der Waals surface area contributed by atoms with Gasteiger partial charge in [-0.05, 0) is 57.7 Å². The van der Waals surface area contributed by atoms with E-state index in [9.17, 15) is 13.2 Å². The van der Waals surface area contributed by atoms with Crippen LogP contribution in [-0.4, -0.2) is 37.3 Å². The number of piperidine rings is 1. The van der Waals surface area contributed by atoms with Gasteiger partial charge in [0.15, 0.2) is 0 Å². The Balaban J connectivity index is 1.56. The third-order valence-corrected chi connectivity index (χ3v) is 9.35. The van der Waals surface area contributed by atoms with Gasteiger partial charge in [-0.25, -0.2) is 13.4 Å². The predicted molar refractivity (Wildman–Crippen MR) is 127 cm³/mol. The van der Waals surface area contributed by atoms with E-state index in [1.54, 1.807) is 17.5 Å². The Morgan fingerprint density at radius 2 is 1.84 bits per heavy atom. The van der Waals surface area contributed by atoms with E-state index in [0.29, 0.717) is 21.3 Å². The first-order valence-corrected chi connectivity index (χ1v) is 13.4. The van der Waals surface area contributed by atoms with Crippen molar-refractivity contribution in [2.45, 2.75) is 44.2 Å². The maximum atomic E-state index is 12.9. The minimum atomic E-state index is -3.70. The van der Waals surface area contributed by atoms with Gasteiger partial charge in [0.1, 0.15) is 14.1 Å². The zero-order valence-corrected chi connectivity index (χ0v) is 20.2. The number of amides is 1. The van der Waals surface area contributed by atoms with Crippen LogP contribution < -0.4 is 4.72 Å². The number of nitrogens with one attached hydrogen (secondary N) is 1. The molecule has 6 nitrogen and oxygen atoms in total. The molecule has 1 amide bonds. The van der Waals surface area contributed by atoms with Crippen molar-refractivity contribution in [3.05, 3.63) is 51.3 Å². The summed E-state index contributed by atoms with van der Waals surface area (Å²) in [6.45, 7) is 7.26. The normalized spacial score (nSPS) is 14.6. The third kappa shape index (κ3) is 4.68. The van der Waals surface area contributed by atoms with Gasteiger partial charge >= 0.3 is 0 Å². The van der Waals surface area contributed by atoms with Crippen molar-refractivity contribution in [1.29, 1.82) is 0 Å². The average molecular weight is 476 g/mol. The highest BCUT2D eigenvalue weighted by Crippen LogP contribution is 2.34. The SMILES string of the molecule is Cc1ccc(NS(=O)(=O)c2cc(-c3nc(C)c(C(=O)N4CCCCC4)s3)cs2)c(C)c1. The topological polar surface area (TPSA) is 79.4 Å². The van der Waals surface area contributed by atoms with Crippen LogP contribution in [0.3, 0.4) is 0 Å². The van der Waals surface area contributed by atoms with Crippen LogP contribution in [0.2, 0.25) is 0 Å². The number of thiophene rings is 1. The molecule has 1 aromatic carbocycles. The summed E-state index contributed by atoms with van der Waals surface area (Å²) in [7, 11) is -3.70. The Morgan fingerprint density at radius 3 is 2.55 bits per heavy atom. The number of hydrogen-bond donors (Lipinski definition) is 1. The van der Waals surface area contributed by atoms with E-state index in [4.69, 9.17) is 0 Å². The van der Waals surface area contributed by atoms with Crippen LogP contribution in [0.5, 0.6) is 0 Å². The lowest BCUT2D eigenvalue weighted by Crippen LogP contribution is -2.35. The number of benzene rings is 1. The Morgan fingerprint density at radius 1 is 1.10 bits per heavy atom. The second-order valence-corrected chi connectivity index (χ2v) is 11.7. The van der Waals surface area contributed by atoms with Gasteiger partial charge in [0.25, 0.3) is 15.9 Å². The zero-order valence-electron chi connectivity index (χ0n) is 17.8. The molecule has 3 aromatic rings. The minimum absolute atomic E-state index is 0.0283. The van der Waals surface area contributed by atoms with Crippen LogP contribution >= 0.6 is 22.7 Å². The average Bonchev–Trinajstić information content (AvgIpc) is 3.38. The van der Waals surface area contributed by atoms with Crippen molar-refractivity contribution in [3.8, 4) is 10.6 Å². The van der Waals surface area contributed by atoms with Crippen LogP contribution in [0.25, 0.3) is 10.6 Å². The van der Waals surface area contributed by atoms with Crippen molar-refractivity contribution in [1.82, 2.24) is 9.88 Å². The largest absolute Gasteiger partial charge is 0.338 e. The summed E-state index contributed by atoms with van der Waals surface area (Å²) in [6.07, 6.45) is 3.24. The Kier molecular flexibility index (Phi) is 6.18. The van der Waals surface area contributed by atoms with Gasteiger partial charge in [-0.2, -0.15) is 0 Å². The van der Waals surface area contributed by atoms with Gasteiger partial charge < -0.3 is 4.90 Å². The number of aromatic nitrogens is 1. The Hall–Kier alpha value is -2.23.